The summed E-state index contributed by atoms with van der Waals surface area (Å²) in [6.07, 6.45) is 0.516. The first kappa shape index (κ1) is 16.1. The van der Waals surface area contributed by atoms with Crippen LogP contribution < -0.4 is 15.2 Å². The van der Waals surface area contributed by atoms with Crippen LogP contribution in [-0.2, 0) is 0 Å². The Balaban J connectivity index is 2.40. The van der Waals surface area contributed by atoms with Gasteiger partial charge in [0.15, 0.2) is 11.5 Å². The van der Waals surface area contributed by atoms with Gasteiger partial charge in [-0.05, 0) is 26.1 Å². The molecule has 0 amide bonds. The fraction of sp³-hybridized carbons (Fsp3) is 0.500. The number of amidine groups is 1. The van der Waals surface area contributed by atoms with Crippen molar-refractivity contribution in [1.29, 1.82) is 0 Å². The van der Waals surface area contributed by atoms with Crippen molar-refractivity contribution in [3.63, 3.8) is 0 Å². The Morgan fingerprint density at radius 3 is 2.65 bits per heavy atom. The van der Waals surface area contributed by atoms with Crippen molar-refractivity contribution in [2.24, 2.45) is 10.9 Å². The molecular weight excluding hydrogens is 258 g/mol. The summed E-state index contributed by atoms with van der Waals surface area (Å²) >= 11 is 0. The fourth-order valence-electron chi connectivity index (χ4n) is 1.76. The van der Waals surface area contributed by atoms with Gasteiger partial charge >= 0.3 is 0 Å². The molecule has 0 aliphatic rings. The van der Waals surface area contributed by atoms with Crippen LogP contribution in [0.15, 0.2) is 29.4 Å². The van der Waals surface area contributed by atoms with Gasteiger partial charge in [-0.3, -0.25) is 4.90 Å². The highest BCUT2D eigenvalue weighted by Gasteiger charge is 2.11. The minimum atomic E-state index is 0.173. The van der Waals surface area contributed by atoms with Gasteiger partial charge in [0, 0.05) is 19.0 Å². The quantitative estimate of drug-likeness (QED) is 0.327. The first-order chi connectivity index (χ1) is 9.58. The van der Waals surface area contributed by atoms with E-state index in [1.807, 2.05) is 38.2 Å². The van der Waals surface area contributed by atoms with E-state index in [-0.39, 0.29) is 11.9 Å². The minimum Gasteiger partial charge on any atom is -0.493 e. The molecule has 1 aromatic carbocycles. The molecule has 0 fully saturated rings. The molecule has 1 unspecified atom stereocenters. The maximum atomic E-state index is 8.55. The van der Waals surface area contributed by atoms with E-state index >= 15 is 0 Å². The van der Waals surface area contributed by atoms with Crippen molar-refractivity contribution in [3.05, 3.63) is 24.3 Å². The number of ether oxygens (including phenoxy) is 2. The lowest BCUT2D eigenvalue weighted by Gasteiger charge is -2.24. The van der Waals surface area contributed by atoms with Crippen molar-refractivity contribution in [2.75, 3.05) is 27.3 Å². The van der Waals surface area contributed by atoms with Gasteiger partial charge in [0.1, 0.15) is 12.4 Å². The Labute approximate surface area is 119 Å². The highest BCUT2D eigenvalue weighted by molar-refractivity contribution is 5.80. The number of methoxy groups -OCH3 is 1. The zero-order valence-electron chi connectivity index (χ0n) is 12.2. The number of likely N-dealkylation sites (N-methyl/N-ethyl adjacent to an activating group) is 1. The van der Waals surface area contributed by atoms with Crippen LogP contribution in [0.4, 0.5) is 0 Å². The van der Waals surface area contributed by atoms with E-state index in [1.165, 1.54) is 0 Å². The van der Waals surface area contributed by atoms with Crippen LogP contribution in [0.25, 0.3) is 0 Å². The van der Waals surface area contributed by atoms with Gasteiger partial charge in [0.25, 0.3) is 0 Å². The highest BCUT2D eigenvalue weighted by atomic mass is 16.5. The second kappa shape index (κ2) is 8.27. The van der Waals surface area contributed by atoms with Crippen molar-refractivity contribution in [2.45, 2.75) is 19.4 Å². The van der Waals surface area contributed by atoms with Crippen LogP contribution in [0.5, 0.6) is 11.5 Å². The van der Waals surface area contributed by atoms with Crippen molar-refractivity contribution in [1.82, 2.24) is 4.90 Å². The largest absolute Gasteiger partial charge is 0.493 e. The lowest BCUT2D eigenvalue weighted by Crippen LogP contribution is -2.35. The Kier molecular flexibility index (Phi) is 6.66. The molecule has 0 saturated heterocycles. The summed E-state index contributed by atoms with van der Waals surface area (Å²) < 4.78 is 10.9. The normalized spacial score (nSPS) is 13.3. The van der Waals surface area contributed by atoms with Gasteiger partial charge in [0.2, 0.25) is 0 Å². The molecule has 0 radical (unpaired) electrons. The maximum absolute atomic E-state index is 8.55. The van der Waals surface area contributed by atoms with Crippen molar-refractivity contribution >= 4 is 5.84 Å². The predicted octanol–water partition coefficient (Wildman–Crippen LogP) is 1.53. The molecule has 112 valence electrons. The third kappa shape index (κ3) is 4.97. The summed E-state index contributed by atoms with van der Waals surface area (Å²) in [5, 5.41) is 11.5. The second-order valence-electron chi connectivity index (χ2n) is 4.62. The number of nitrogens with two attached hydrogens (primary N) is 1. The van der Waals surface area contributed by atoms with Crippen LogP contribution in [0, 0.1) is 0 Å². The molecule has 0 saturated carbocycles. The predicted molar refractivity (Wildman–Crippen MR) is 78.6 cm³/mol. The number of oxime groups is 1. The number of hydrogen-bond acceptors (Lipinski definition) is 5. The van der Waals surface area contributed by atoms with Crippen LogP contribution in [0.1, 0.15) is 13.3 Å². The monoisotopic (exact) mass is 281 g/mol. The van der Waals surface area contributed by atoms with Gasteiger partial charge in [-0.1, -0.05) is 17.3 Å². The van der Waals surface area contributed by atoms with Gasteiger partial charge in [-0.2, -0.15) is 0 Å². The summed E-state index contributed by atoms with van der Waals surface area (Å²) in [5.74, 6) is 1.68. The van der Waals surface area contributed by atoms with E-state index in [4.69, 9.17) is 20.4 Å². The third-order valence-corrected chi connectivity index (χ3v) is 3.16. The molecule has 0 spiro atoms. The van der Waals surface area contributed by atoms with Crippen LogP contribution in [0.3, 0.4) is 0 Å². The molecule has 3 N–H and O–H groups in total. The van der Waals surface area contributed by atoms with Crippen molar-refractivity contribution in [3.8, 4) is 11.5 Å². The summed E-state index contributed by atoms with van der Waals surface area (Å²) in [5.41, 5.74) is 5.49. The maximum Gasteiger partial charge on any atom is 0.161 e. The summed E-state index contributed by atoms with van der Waals surface area (Å²) in [6.45, 7) is 3.29. The number of benzene rings is 1. The van der Waals surface area contributed by atoms with Crippen molar-refractivity contribution < 1.29 is 14.7 Å². The van der Waals surface area contributed by atoms with Crippen LogP contribution in [0.2, 0.25) is 0 Å². The molecular formula is C14H23N3O3. The molecule has 1 aromatic rings. The Morgan fingerprint density at radius 2 is 2.05 bits per heavy atom. The number of para-hydroxylation sites is 2. The summed E-state index contributed by atoms with van der Waals surface area (Å²) in [6, 6.07) is 7.71. The topological polar surface area (TPSA) is 80.3 Å². The van der Waals surface area contributed by atoms with Gasteiger partial charge in [-0.15, -0.1) is 0 Å². The lowest BCUT2D eigenvalue weighted by atomic mass is 10.2. The summed E-state index contributed by atoms with van der Waals surface area (Å²) in [4.78, 5) is 2.09. The first-order valence-corrected chi connectivity index (χ1v) is 6.51. The van der Waals surface area contributed by atoms with E-state index in [0.717, 1.165) is 18.0 Å². The standard InChI is InChI=1S/C14H23N3O3/c1-11(10-14(15)16-18)17(2)8-9-20-13-7-5-4-6-12(13)19-3/h4-7,11,18H,8-10H2,1-3H3,(H2,15,16). The van der Waals surface area contributed by atoms with Crippen LogP contribution >= 0.6 is 0 Å². The van der Waals surface area contributed by atoms with E-state index in [9.17, 15) is 0 Å². The van der Waals surface area contributed by atoms with E-state index < -0.39 is 0 Å². The average molecular weight is 281 g/mol. The SMILES string of the molecule is COc1ccccc1OCCN(C)C(C)CC(N)=NO. The summed E-state index contributed by atoms with van der Waals surface area (Å²) in [7, 11) is 3.59. The molecule has 0 aromatic heterocycles. The molecule has 1 rings (SSSR count). The number of nitrogens with zero attached hydrogens (tertiary/aromatic N) is 2. The number of hydrogen-bond donors (Lipinski definition) is 2. The fourth-order valence-corrected chi connectivity index (χ4v) is 1.76. The Bertz CT molecular complexity index is 437. The van der Waals surface area contributed by atoms with Gasteiger partial charge in [-0.25, -0.2) is 0 Å². The second-order valence-corrected chi connectivity index (χ2v) is 4.62. The third-order valence-electron chi connectivity index (χ3n) is 3.16. The minimum absolute atomic E-state index is 0.173. The van der Waals surface area contributed by atoms with E-state index in [1.54, 1.807) is 7.11 Å². The van der Waals surface area contributed by atoms with Crippen LogP contribution in [-0.4, -0.2) is 49.3 Å². The molecule has 0 aliphatic heterocycles. The Hall–Kier alpha value is -1.95. The molecule has 0 bridgehead atoms. The van der Waals surface area contributed by atoms with Gasteiger partial charge in [0.05, 0.1) is 7.11 Å². The first-order valence-electron chi connectivity index (χ1n) is 6.51. The zero-order chi connectivity index (χ0) is 15.0. The molecule has 20 heavy (non-hydrogen) atoms. The van der Waals surface area contributed by atoms with E-state index in [0.29, 0.717) is 13.0 Å². The molecule has 0 aliphatic carbocycles. The zero-order valence-corrected chi connectivity index (χ0v) is 12.2. The molecule has 6 nitrogen and oxygen atoms in total. The smallest absolute Gasteiger partial charge is 0.161 e. The highest BCUT2D eigenvalue weighted by Crippen LogP contribution is 2.25. The molecule has 1 atom stereocenters. The van der Waals surface area contributed by atoms with E-state index in [2.05, 4.69) is 10.1 Å². The molecule has 6 heteroatoms. The number of rotatable bonds is 8. The molecule has 0 heterocycles. The lowest BCUT2D eigenvalue weighted by molar-refractivity contribution is 0.197. The Morgan fingerprint density at radius 1 is 1.40 bits per heavy atom. The average Bonchev–Trinajstić information content (AvgIpc) is 2.47. The van der Waals surface area contributed by atoms with Gasteiger partial charge < -0.3 is 20.4 Å².